The molecule has 4 heteroatoms. The van der Waals surface area contributed by atoms with Crippen LogP contribution >= 0.6 is 0 Å². The van der Waals surface area contributed by atoms with Gasteiger partial charge in [-0.25, -0.2) is 0 Å². The van der Waals surface area contributed by atoms with Crippen LogP contribution in [0.25, 0.3) is 0 Å². The molecule has 1 saturated heterocycles. The van der Waals surface area contributed by atoms with Crippen molar-refractivity contribution in [3.05, 3.63) is 6.92 Å². The van der Waals surface area contributed by atoms with Crippen LogP contribution in [-0.2, 0) is 42.1 Å². The Morgan fingerprint density at radius 2 is 1.69 bits per heavy atom. The van der Waals surface area contributed by atoms with Gasteiger partial charge in [0.25, 0.3) is 0 Å². The molecule has 0 unspecified atom stereocenters. The molecule has 0 aromatic heterocycles. The van der Waals surface area contributed by atoms with E-state index in [0.29, 0.717) is 0 Å². The van der Waals surface area contributed by atoms with E-state index in [-0.39, 0.29) is 42.1 Å². The monoisotopic (exact) mass is 525 g/mol. The second kappa shape index (κ2) is 13.3. The predicted octanol–water partition coefficient (Wildman–Crippen LogP) is 1.09. The number of hydrogen-bond acceptors (Lipinski definition) is 2. The third-order valence-electron chi connectivity index (χ3n) is 1.66. The zero-order chi connectivity index (χ0) is 8.69. The first-order valence-corrected chi connectivity index (χ1v) is 4.37. The Morgan fingerprint density at radius 3 is 1.77 bits per heavy atom. The predicted molar refractivity (Wildman–Crippen MR) is 50.6 cm³/mol. The molecule has 0 saturated carbocycles. The fourth-order valence-electron chi connectivity index (χ4n) is 0.594. The zero-order valence-corrected chi connectivity index (χ0v) is 14.8. The molecule has 0 spiro atoms. The second-order valence-electron chi connectivity index (χ2n) is 3.11. The Kier molecular flexibility index (Phi) is 20.3. The molecule has 80 valence electrons. The van der Waals surface area contributed by atoms with Crippen molar-refractivity contribution >= 4 is 0 Å². The van der Waals surface area contributed by atoms with Crippen LogP contribution in [0.4, 0.5) is 0 Å². The molecule has 1 rings (SSSR count). The molecule has 0 N–H and O–H groups in total. The van der Waals surface area contributed by atoms with Crippen molar-refractivity contribution < 1.29 is 42.1 Å². The summed E-state index contributed by atoms with van der Waals surface area (Å²) in [6, 6.07) is 0. The van der Waals surface area contributed by atoms with Gasteiger partial charge in [0, 0.05) is 55.2 Å². The summed E-state index contributed by atoms with van der Waals surface area (Å²) in [4.78, 5) is 4.44. The Hall–Kier alpha value is 1.30. The summed E-state index contributed by atoms with van der Waals surface area (Å²) in [6.07, 6.45) is 1.23. The summed E-state index contributed by atoms with van der Waals surface area (Å²) in [6.45, 7) is 10.6. The number of hydrogen-bond donors (Lipinski definition) is 0. The van der Waals surface area contributed by atoms with Crippen LogP contribution in [0.1, 0.15) is 13.3 Å². The molecule has 1 heterocycles. The third kappa shape index (κ3) is 19.6. The van der Waals surface area contributed by atoms with E-state index in [2.05, 4.69) is 37.7 Å². The molecule has 0 aromatic carbocycles. The molecular formula is C9H21N2W2-. The largest absolute Gasteiger partial charge is 0.336 e. The summed E-state index contributed by atoms with van der Waals surface area (Å²) >= 11 is 0. The minimum absolute atomic E-state index is 0. The van der Waals surface area contributed by atoms with Crippen LogP contribution in [-0.4, -0.2) is 50.1 Å². The SMILES string of the molecule is CN1CC1.[CH2-]CN(C)CCC.[W].[W]. The number of likely N-dealkylation sites (N-methyl/N-ethyl adjacent to an activating group) is 1. The van der Waals surface area contributed by atoms with Crippen LogP contribution < -0.4 is 0 Å². The van der Waals surface area contributed by atoms with Gasteiger partial charge in [-0.3, -0.25) is 0 Å². The summed E-state index contributed by atoms with van der Waals surface area (Å²) < 4.78 is 0. The maximum atomic E-state index is 3.73. The summed E-state index contributed by atoms with van der Waals surface area (Å²) in [5, 5.41) is 0. The van der Waals surface area contributed by atoms with Crippen LogP contribution in [0.2, 0.25) is 0 Å². The van der Waals surface area contributed by atoms with E-state index < -0.39 is 0 Å². The second-order valence-corrected chi connectivity index (χ2v) is 3.11. The van der Waals surface area contributed by atoms with E-state index in [0.717, 1.165) is 6.54 Å². The van der Waals surface area contributed by atoms with E-state index in [1.54, 1.807) is 0 Å². The Balaban J connectivity index is -0.000000144. The van der Waals surface area contributed by atoms with Gasteiger partial charge in [-0.05, 0) is 27.1 Å². The standard InChI is InChI=1S/C6H14N.C3H7N.2W/c1-4-6-7(3)5-2;1-4-2-3-4;;/h2,4-6H2,1,3H3;2-3H2,1H3;;/q-1;;;. The van der Waals surface area contributed by atoms with Gasteiger partial charge in [0.15, 0.2) is 0 Å². The molecular weight excluding hydrogens is 504 g/mol. The normalized spacial score (nSPS) is 13.6. The molecule has 0 bridgehead atoms. The molecule has 0 radical (unpaired) electrons. The Morgan fingerprint density at radius 1 is 1.31 bits per heavy atom. The molecule has 2 nitrogen and oxygen atoms in total. The van der Waals surface area contributed by atoms with Crippen molar-refractivity contribution in [2.75, 3.05) is 40.3 Å². The third-order valence-corrected chi connectivity index (χ3v) is 1.66. The fourth-order valence-corrected chi connectivity index (χ4v) is 0.594. The van der Waals surface area contributed by atoms with Crippen molar-refractivity contribution in [1.82, 2.24) is 9.80 Å². The number of rotatable bonds is 3. The Labute approximate surface area is 112 Å². The molecule has 1 aliphatic heterocycles. The smallest absolute Gasteiger partial charge is 0.0107 e. The van der Waals surface area contributed by atoms with Gasteiger partial charge in [0.1, 0.15) is 0 Å². The van der Waals surface area contributed by atoms with Gasteiger partial charge in [0.05, 0.1) is 0 Å². The molecule has 0 amide bonds. The minimum atomic E-state index is 0. The zero-order valence-electron chi connectivity index (χ0n) is 8.95. The first kappa shape index (κ1) is 19.8. The van der Waals surface area contributed by atoms with Gasteiger partial charge in [-0.2, -0.15) is 0 Å². The van der Waals surface area contributed by atoms with Gasteiger partial charge in [-0.1, -0.05) is 6.92 Å². The molecule has 0 atom stereocenters. The van der Waals surface area contributed by atoms with E-state index in [4.69, 9.17) is 0 Å². The van der Waals surface area contributed by atoms with Crippen molar-refractivity contribution in [3.63, 3.8) is 0 Å². The Bertz CT molecular complexity index is 87.7. The van der Waals surface area contributed by atoms with E-state index >= 15 is 0 Å². The van der Waals surface area contributed by atoms with E-state index in [9.17, 15) is 0 Å². The van der Waals surface area contributed by atoms with Crippen molar-refractivity contribution in [1.29, 1.82) is 0 Å². The van der Waals surface area contributed by atoms with Gasteiger partial charge >= 0.3 is 0 Å². The summed E-state index contributed by atoms with van der Waals surface area (Å²) in [5.41, 5.74) is 0. The van der Waals surface area contributed by atoms with Gasteiger partial charge in [0.2, 0.25) is 0 Å². The molecule has 0 aliphatic carbocycles. The van der Waals surface area contributed by atoms with Crippen LogP contribution in [0.3, 0.4) is 0 Å². The first-order valence-electron chi connectivity index (χ1n) is 4.37. The van der Waals surface area contributed by atoms with E-state index in [1.807, 2.05) is 0 Å². The maximum absolute atomic E-state index is 3.73. The molecule has 1 fully saturated rings. The van der Waals surface area contributed by atoms with Crippen molar-refractivity contribution in [3.8, 4) is 0 Å². The maximum Gasteiger partial charge on any atom is 0.0107 e. The average molecular weight is 525 g/mol. The van der Waals surface area contributed by atoms with Crippen LogP contribution in [0, 0.1) is 6.92 Å². The summed E-state index contributed by atoms with van der Waals surface area (Å²) in [7, 11) is 4.19. The van der Waals surface area contributed by atoms with Crippen molar-refractivity contribution in [2.24, 2.45) is 0 Å². The van der Waals surface area contributed by atoms with Crippen LogP contribution in [0.5, 0.6) is 0 Å². The fraction of sp³-hybridized carbons (Fsp3) is 0.889. The molecule has 0 aromatic rings. The minimum Gasteiger partial charge on any atom is -0.336 e. The van der Waals surface area contributed by atoms with Gasteiger partial charge in [-0.15, -0.1) is 6.54 Å². The summed E-state index contributed by atoms with van der Waals surface area (Å²) in [5.74, 6) is 0. The van der Waals surface area contributed by atoms with Crippen LogP contribution in [0.15, 0.2) is 0 Å². The molecule has 13 heavy (non-hydrogen) atoms. The first-order chi connectivity index (χ1) is 5.20. The van der Waals surface area contributed by atoms with Gasteiger partial charge < -0.3 is 16.7 Å². The van der Waals surface area contributed by atoms with Crippen molar-refractivity contribution in [2.45, 2.75) is 13.3 Å². The number of nitrogens with zero attached hydrogens (tertiary/aromatic N) is 2. The quantitative estimate of drug-likeness (QED) is 0.403. The average Bonchev–Trinajstić information content (AvgIpc) is 2.74. The van der Waals surface area contributed by atoms with E-state index in [1.165, 1.54) is 26.1 Å². The topological polar surface area (TPSA) is 6.25 Å². The molecule has 1 aliphatic rings.